The molecule has 0 aliphatic heterocycles. The van der Waals surface area contributed by atoms with Crippen molar-refractivity contribution in [3.05, 3.63) is 29.8 Å². The average molecular weight is 292 g/mol. The second-order valence-corrected chi connectivity index (χ2v) is 6.73. The molecule has 4 heteroatoms. The van der Waals surface area contributed by atoms with Gasteiger partial charge in [0.2, 0.25) is 5.91 Å². The highest BCUT2D eigenvalue weighted by Gasteiger charge is 2.16. The lowest BCUT2D eigenvalue weighted by molar-refractivity contribution is -0.114. The maximum atomic E-state index is 11.1. The summed E-state index contributed by atoms with van der Waals surface area (Å²) in [7, 11) is 0. The number of aliphatic hydroxyl groups is 1. The highest BCUT2D eigenvalue weighted by atomic mass is 16.3. The van der Waals surface area contributed by atoms with Gasteiger partial charge in [-0.1, -0.05) is 32.9 Å². The summed E-state index contributed by atoms with van der Waals surface area (Å²) >= 11 is 0. The van der Waals surface area contributed by atoms with Crippen LogP contribution in [-0.2, 0) is 11.3 Å². The largest absolute Gasteiger partial charge is 0.396 e. The monoisotopic (exact) mass is 292 g/mol. The number of benzene rings is 1. The second kappa shape index (κ2) is 8.15. The van der Waals surface area contributed by atoms with Gasteiger partial charge in [0, 0.05) is 38.9 Å². The van der Waals surface area contributed by atoms with Gasteiger partial charge in [-0.2, -0.15) is 0 Å². The Morgan fingerprint density at radius 1 is 1.33 bits per heavy atom. The van der Waals surface area contributed by atoms with Crippen molar-refractivity contribution in [2.45, 2.75) is 40.7 Å². The molecule has 0 aliphatic carbocycles. The van der Waals surface area contributed by atoms with Crippen LogP contribution < -0.4 is 5.32 Å². The summed E-state index contributed by atoms with van der Waals surface area (Å²) in [5.41, 5.74) is 2.21. The zero-order chi connectivity index (χ0) is 15.9. The Labute approximate surface area is 128 Å². The Bertz CT molecular complexity index is 452. The first kappa shape index (κ1) is 17.7. The standard InChI is InChI=1S/C17H28N2O2/c1-14(21)18-16-8-5-7-15(11-16)12-19(9-6-10-20)13-17(2,3)4/h5,7-8,11,20H,6,9-10,12-13H2,1-4H3,(H,18,21). The molecular formula is C17H28N2O2. The van der Waals surface area contributed by atoms with Gasteiger partial charge in [-0.15, -0.1) is 0 Å². The van der Waals surface area contributed by atoms with Crippen LogP contribution in [0.1, 0.15) is 39.7 Å². The van der Waals surface area contributed by atoms with Gasteiger partial charge in [0.25, 0.3) is 0 Å². The molecule has 0 saturated carbocycles. The van der Waals surface area contributed by atoms with Gasteiger partial charge in [0.15, 0.2) is 0 Å². The van der Waals surface area contributed by atoms with Crippen molar-refractivity contribution in [3.8, 4) is 0 Å². The molecule has 0 saturated heterocycles. The summed E-state index contributed by atoms with van der Waals surface area (Å²) in [6.45, 7) is 11.0. The van der Waals surface area contributed by atoms with Crippen molar-refractivity contribution >= 4 is 11.6 Å². The molecule has 0 spiro atoms. The summed E-state index contributed by atoms with van der Waals surface area (Å²) < 4.78 is 0. The van der Waals surface area contributed by atoms with E-state index in [1.54, 1.807) is 0 Å². The third kappa shape index (κ3) is 7.83. The number of hydrogen-bond donors (Lipinski definition) is 2. The molecule has 0 fully saturated rings. The number of rotatable bonds is 7. The highest BCUT2D eigenvalue weighted by molar-refractivity contribution is 5.88. The van der Waals surface area contributed by atoms with Crippen LogP contribution >= 0.6 is 0 Å². The molecule has 0 atom stereocenters. The highest BCUT2D eigenvalue weighted by Crippen LogP contribution is 2.19. The minimum Gasteiger partial charge on any atom is -0.396 e. The molecule has 0 aliphatic rings. The van der Waals surface area contributed by atoms with E-state index < -0.39 is 0 Å². The number of hydrogen-bond acceptors (Lipinski definition) is 3. The zero-order valence-electron chi connectivity index (χ0n) is 13.6. The minimum absolute atomic E-state index is 0.0565. The van der Waals surface area contributed by atoms with Gasteiger partial charge < -0.3 is 10.4 Å². The molecule has 4 nitrogen and oxygen atoms in total. The summed E-state index contributed by atoms with van der Waals surface area (Å²) in [6, 6.07) is 7.94. The third-order valence-corrected chi connectivity index (χ3v) is 2.98. The third-order valence-electron chi connectivity index (χ3n) is 2.98. The maximum Gasteiger partial charge on any atom is 0.221 e. The lowest BCUT2D eigenvalue weighted by atomic mass is 9.95. The number of carbonyl (C=O) groups excluding carboxylic acids is 1. The minimum atomic E-state index is -0.0565. The van der Waals surface area contributed by atoms with Crippen LogP contribution in [0.2, 0.25) is 0 Å². The fraction of sp³-hybridized carbons (Fsp3) is 0.588. The van der Waals surface area contributed by atoms with Gasteiger partial charge in [0.1, 0.15) is 0 Å². The predicted octanol–water partition coefficient (Wildman–Crippen LogP) is 2.88. The van der Waals surface area contributed by atoms with Crippen molar-refractivity contribution < 1.29 is 9.90 Å². The van der Waals surface area contributed by atoms with Crippen LogP contribution in [0.25, 0.3) is 0 Å². The molecule has 1 aromatic carbocycles. The van der Waals surface area contributed by atoms with E-state index in [2.05, 4.69) is 37.1 Å². The first-order valence-electron chi connectivity index (χ1n) is 7.50. The van der Waals surface area contributed by atoms with Gasteiger partial charge in [-0.3, -0.25) is 9.69 Å². The molecule has 0 heterocycles. The van der Waals surface area contributed by atoms with Crippen LogP contribution in [0.15, 0.2) is 24.3 Å². The SMILES string of the molecule is CC(=O)Nc1cccc(CN(CCCO)CC(C)(C)C)c1. The van der Waals surface area contributed by atoms with Crippen molar-refractivity contribution in [2.75, 3.05) is 25.0 Å². The molecule has 0 unspecified atom stereocenters. The lowest BCUT2D eigenvalue weighted by Crippen LogP contribution is -2.33. The summed E-state index contributed by atoms with van der Waals surface area (Å²) in [6.07, 6.45) is 0.779. The number of anilines is 1. The first-order chi connectivity index (χ1) is 9.80. The van der Waals surface area contributed by atoms with Crippen LogP contribution in [0.5, 0.6) is 0 Å². The van der Waals surface area contributed by atoms with Gasteiger partial charge in [-0.05, 0) is 29.5 Å². The van der Waals surface area contributed by atoms with Gasteiger partial charge in [-0.25, -0.2) is 0 Å². The molecule has 2 N–H and O–H groups in total. The van der Waals surface area contributed by atoms with E-state index in [4.69, 9.17) is 5.11 Å². The second-order valence-electron chi connectivity index (χ2n) is 6.73. The van der Waals surface area contributed by atoms with E-state index in [9.17, 15) is 4.79 Å². The maximum absolute atomic E-state index is 11.1. The van der Waals surface area contributed by atoms with E-state index >= 15 is 0 Å². The van der Waals surface area contributed by atoms with E-state index in [0.717, 1.165) is 31.7 Å². The molecular weight excluding hydrogens is 264 g/mol. The molecule has 0 bridgehead atoms. The average Bonchev–Trinajstić information content (AvgIpc) is 2.33. The first-order valence-corrected chi connectivity index (χ1v) is 7.50. The molecule has 0 radical (unpaired) electrons. The number of aliphatic hydroxyl groups excluding tert-OH is 1. The Kier molecular flexibility index (Phi) is 6.85. The molecule has 0 aromatic heterocycles. The van der Waals surface area contributed by atoms with Crippen molar-refractivity contribution in [1.82, 2.24) is 4.90 Å². The fourth-order valence-electron chi connectivity index (χ4n) is 2.39. The number of amides is 1. The van der Waals surface area contributed by atoms with E-state index in [0.29, 0.717) is 0 Å². The number of nitrogens with one attached hydrogen (secondary N) is 1. The zero-order valence-corrected chi connectivity index (χ0v) is 13.6. The predicted molar refractivity (Wildman–Crippen MR) is 87.2 cm³/mol. The van der Waals surface area contributed by atoms with E-state index in [1.165, 1.54) is 12.5 Å². The topological polar surface area (TPSA) is 52.6 Å². The quantitative estimate of drug-likeness (QED) is 0.812. The molecule has 1 aromatic rings. The number of carbonyl (C=O) groups is 1. The van der Waals surface area contributed by atoms with E-state index in [-0.39, 0.29) is 17.9 Å². The van der Waals surface area contributed by atoms with Crippen molar-refractivity contribution in [2.24, 2.45) is 5.41 Å². The lowest BCUT2D eigenvalue weighted by Gasteiger charge is -2.30. The van der Waals surface area contributed by atoms with Crippen molar-refractivity contribution in [3.63, 3.8) is 0 Å². The van der Waals surface area contributed by atoms with Crippen LogP contribution in [-0.4, -0.2) is 35.6 Å². The van der Waals surface area contributed by atoms with Crippen LogP contribution in [0.4, 0.5) is 5.69 Å². The smallest absolute Gasteiger partial charge is 0.221 e. The van der Waals surface area contributed by atoms with Crippen LogP contribution in [0, 0.1) is 5.41 Å². The van der Waals surface area contributed by atoms with E-state index in [1.807, 2.05) is 18.2 Å². The fourth-order valence-corrected chi connectivity index (χ4v) is 2.39. The summed E-state index contributed by atoms with van der Waals surface area (Å²) in [5, 5.41) is 11.9. The normalized spacial score (nSPS) is 11.7. The summed E-state index contributed by atoms with van der Waals surface area (Å²) in [5.74, 6) is -0.0565. The molecule has 1 rings (SSSR count). The van der Waals surface area contributed by atoms with Gasteiger partial charge >= 0.3 is 0 Å². The Hall–Kier alpha value is -1.39. The molecule has 118 valence electrons. The van der Waals surface area contributed by atoms with Crippen molar-refractivity contribution in [1.29, 1.82) is 0 Å². The Balaban J connectivity index is 2.74. The Morgan fingerprint density at radius 2 is 2.05 bits per heavy atom. The molecule has 1 amide bonds. The Morgan fingerprint density at radius 3 is 2.62 bits per heavy atom. The molecule has 21 heavy (non-hydrogen) atoms. The number of nitrogens with zero attached hydrogens (tertiary/aromatic N) is 1. The summed E-state index contributed by atoms with van der Waals surface area (Å²) in [4.78, 5) is 13.5. The van der Waals surface area contributed by atoms with Crippen LogP contribution in [0.3, 0.4) is 0 Å². The van der Waals surface area contributed by atoms with Gasteiger partial charge in [0.05, 0.1) is 0 Å².